The first kappa shape index (κ1) is 14.8. The summed E-state index contributed by atoms with van der Waals surface area (Å²) in [6.07, 6.45) is 0.598. The number of carbonyl (C=O) groups is 1. The highest BCUT2D eigenvalue weighted by molar-refractivity contribution is 5.77. The minimum absolute atomic E-state index is 0.0483. The molecule has 0 radical (unpaired) electrons. The molecule has 0 saturated carbocycles. The minimum Gasteiger partial charge on any atom is -0.483 e. The van der Waals surface area contributed by atoms with Gasteiger partial charge >= 0.3 is 0 Å². The van der Waals surface area contributed by atoms with Crippen molar-refractivity contribution in [2.24, 2.45) is 0 Å². The fourth-order valence-corrected chi connectivity index (χ4v) is 2.24. The number of para-hydroxylation sites is 1. The fourth-order valence-electron chi connectivity index (χ4n) is 2.24. The average molecular weight is 278 g/mol. The molecule has 0 aromatic heterocycles. The van der Waals surface area contributed by atoms with E-state index in [4.69, 9.17) is 4.74 Å². The molecule has 5 heteroatoms. The third-order valence-corrected chi connectivity index (χ3v) is 3.46. The zero-order chi connectivity index (χ0) is 14.5. The van der Waals surface area contributed by atoms with Crippen LogP contribution < -0.4 is 4.74 Å². The molecule has 1 aromatic carbocycles. The van der Waals surface area contributed by atoms with Crippen LogP contribution in [0.2, 0.25) is 0 Å². The van der Waals surface area contributed by atoms with Crippen LogP contribution in [0.25, 0.3) is 0 Å². The molecule has 1 heterocycles. The number of likely N-dealkylation sites (N-methyl/N-ethyl adjacent to an activating group) is 1. The molecule has 0 unspecified atom stereocenters. The third-order valence-electron chi connectivity index (χ3n) is 3.46. The van der Waals surface area contributed by atoms with Crippen molar-refractivity contribution in [3.8, 4) is 5.75 Å². The highest BCUT2D eigenvalue weighted by Gasteiger charge is 2.21. The molecule has 1 atom stereocenters. The maximum atomic E-state index is 11.6. The van der Waals surface area contributed by atoms with Gasteiger partial charge in [0.1, 0.15) is 5.75 Å². The maximum absolute atomic E-state index is 11.6. The van der Waals surface area contributed by atoms with Crippen molar-refractivity contribution in [2.75, 3.05) is 33.8 Å². The van der Waals surface area contributed by atoms with Crippen LogP contribution >= 0.6 is 0 Å². The van der Waals surface area contributed by atoms with E-state index in [2.05, 4.69) is 4.90 Å². The molecular weight excluding hydrogens is 256 g/mol. The Labute approximate surface area is 119 Å². The normalized spacial score (nSPS) is 19.1. The van der Waals surface area contributed by atoms with Crippen molar-refractivity contribution in [1.29, 1.82) is 0 Å². The number of rotatable bonds is 5. The Bertz CT molecular complexity index is 462. The second-order valence-electron chi connectivity index (χ2n) is 5.36. The second kappa shape index (κ2) is 6.72. The van der Waals surface area contributed by atoms with Gasteiger partial charge in [-0.1, -0.05) is 18.2 Å². The molecule has 1 N–H and O–H groups in total. The lowest BCUT2D eigenvalue weighted by Crippen LogP contribution is -2.28. The number of aliphatic hydroxyl groups excluding tert-OH is 1. The van der Waals surface area contributed by atoms with Gasteiger partial charge in [-0.25, -0.2) is 0 Å². The number of hydrogen-bond acceptors (Lipinski definition) is 4. The van der Waals surface area contributed by atoms with E-state index in [1.54, 1.807) is 14.1 Å². The number of hydrogen-bond donors (Lipinski definition) is 1. The number of ether oxygens (including phenoxy) is 1. The molecule has 110 valence electrons. The van der Waals surface area contributed by atoms with Gasteiger partial charge in [-0.15, -0.1) is 0 Å². The van der Waals surface area contributed by atoms with Crippen molar-refractivity contribution >= 4 is 5.91 Å². The zero-order valence-electron chi connectivity index (χ0n) is 12.1. The molecule has 2 rings (SSSR count). The molecule has 1 saturated heterocycles. The van der Waals surface area contributed by atoms with Crippen molar-refractivity contribution in [3.05, 3.63) is 29.8 Å². The molecule has 1 aliphatic heterocycles. The number of nitrogens with zero attached hydrogens (tertiary/aromatic N) is 2. The highest BCUT2D eigenvalue weighted by atomic mass is 16.5. The van der Waals surface area contributed by atoms with Gasteiger partial charge in [0, 0.05) is 39.3 Å². The van der Waals surface area contributed by atoms with E-state index in [9.17, 15) is 9.90 Å². The van der Waals surface area contributed by atoms with E-state index < -0.39 is 0 Å². The Balaban J connectivity index is 1.97. The summed E-state index contributed by atoms with van der Waals surface area (Å²) in [5.41, 5.74) is 1.05. The van der Waals surface area contributed by atoms with Gasteiger partial charge in [-0.05, 0) is 12.5 Å². The summed E-state index contributed by atoms with van der Waals surface area (Å²) in [5, 5.41) is 9.56. The Morgan fingerprint density at radius 3 is 2.85 bits per heavy atom. The van der Waals surface area contributed by atoms with Gasteiger partial charge in [0.05, 0.1) is 6.10 Å². The van der Waals surface area contributed by atoms with Crippen LogP contribution in [0.4, 0.5) is 0 Å². The van der Waals surface area contributed by atoms with Crippen molar-refractivity contribution in [2.45, 2.75) is 19.1 Å². The van der Waals surface area contributed by atoms with Crippen molar-refractivity contribution in [1.82, 2.24) is 9.80 Å². The van der Waals surface area contributed by atoms with Gasteiger partial charge < -0.3 is 14.7 Å². The summed E-state index contributed by atoms with van der Waals surface area (Å²) < 4.78 is 5.62. The summed E-state index contributed by atoms with van der Waals surface area (Å²) in [7, 11) is 3.42. The van der Waals surface area contributed by atoms with Crippen molar-refractivity contribution < 1.29 is 14.6 Å². The Morgan fingerprint density at radius 1 is 1.45 bits per heavy atom. The summed E-state index contributed by atoms with van der Waals surface area (Å²) in [4.78, 5) is 15.3. The summed E-state index contributed by atoms with van der Waals surface area (Å²) >= 11 is 0. The van der Waals surface area contributed by atoms with E-state index in [-0.39, 0.29) is 18.6 Å². The molecule has 20 heavy (non-hydrogen) atoms. The van der Waals surface area contributed by atoms with E-state index in [1.807, 2.05) is 24.3 Å². The van der Waals surface area contributed by atoms with Crippen LogP contribution in [0.1, 0.15) is 12.0 Å². The SMILES string of the molecule is CN(C)C(=O)COc1ccccc1CN1CC[C@@H](O)C1. The topological polar surface area (TPSA) is 53.0 Å². The van der Waals surface area contributed by atoms with Gasteiger partial charge in [0.2, 0.25) is 0 Å². The molecule has 1 fully saturated rings. The van der Waals surface area contributed by atoms with Crippen molar-refractivity contribution in [3.63, 3.8) is 0 Å². The Kier molecular flexibility index (Phi) is 4.98. The average Bonchev–Trinajstić information content (AvgIpc) is 2.82. The molecule has 5 nitrogen and oxygen atoms in total. The standard InChI is InChI=1S/C15H22N2O3/c1-16(2)15(19)11-20-14-6-4-3-5-12(14)9-17-8-7-13(18)10-17/h3-6,13,18H,7-11H2,1-2H3/t13-/m1/s1. The minimum atomic E-state index is -0.224. The monoisotopic (exact) mass is 278 g/mol. The number of β-amino-alcohol motifs (C(OH)–C–C–N with tert-alkyl or cyclic N) is 1. The van der Waals surface area contributed by atoms with E-state index >= 15 is 0 Å². The van der Waals surface area contributed by atoms with Gasteiger partial charge in [0.25, 0.3) is 5.91 Å². The Hall–Kier alpha value is -1.59. The Morgan fingerprint density at radius 2 is 2.20 bits per heavy atom. The lowest BCUT2D eigenvalue weighted by atomic mass is 10.2. The van der Waals surface area contributed by atoms with E-state index in [0.29, 0.717) is 6.54 Å². The highest BCUT2D eigenvalue weighted by Crippen LogP contribution is 2.22. The lowest BCUT2D eigenvalue weighted by molar-refractivity contribution is -0.130. The lowest BCUT2D eigenvalue weighted by Gasteiger charge is -2.18. The smallest absolute Gasteiger partial charge is 0.259 e. The molecule has 0 aliphatic carbocycles. The van der Waals surface area contributed by atoms with E-state index in [0.717, 1.165) is 30.8 Å². The van der Waals surface area contributed by atoms with Crippen LogP contribution in [0, 0.1) is 0 Å². The van der Waals surface area contributed by atoms with Crippen LogP contribution in [-0.2, 0) is 11.3 Å². The maximum Gasteiger partial charge on any atom is 0.259 e. The first-order valence-electron chi connectivity index (χ1n) is 6.87. The number of aliphatic hydroxyl groups is 1. The first-order valence-corrected chi connectivity index (χ1v) is 6.87. The predicted molar refractivity (Wildman–Crippen MR) is 76.5 cm³/mol. The molecule has 1 aromatic rings. The molecule has 1 amide bonds. The zero-order valence-corrected chi connectivity index (χ0v) is 12.1. The van der Waals surface area contributed by atoms with Crippen LogP contribution in [0.3, 0.4) is 0 Å². The van der Waals surface area contributed by atoms with Gasteiger partial charge in [0.15, 0.2) is 6.61 Å². The molecular formula is C15H22N2O3. The van der Waals surface area contributed by atoms with Crippen LogP contribution in [0.5, 0.6) is 5.75 Å². The van der Waals surface area contributed by atoms with Gasteiger partial charge in [-0.3, -0.25) is 9.69 Å². The largest absolute Gasteiger partial charge is 0.483 e. The van der Waals surface area contributed by atoms with Crippen LogP contribution in [0.15, 0.2) is 24.3 Å². The quantitative estimate of drug-likeness (QED) is 0.862. The summed E-state index contributed by atoms with van der Waals surface area (Å²) in [5.74, 6) is 0.681. The summed E-state index contributed by atoms with van der Waals surface area (Å²) in [6, 6.07) is 7.74. The van der Waals surface area contributed by atoms with Gasteiger partial charge in [-0.2, -0.15) is 0 Å². The third kappa shape index (κ3) is 3.95. The summed E-state index contributed by atoms with van der Waals surface area (Å²) in [6.45, 7) is 2.38. The molecule has 0 spiro atoms. The first-order chi connectivity index (χ1) is 9.56. The number of benzene rings is 1. The predicted octanol–water partition coefficient (Wildman–Crippen LogP) is 0.720. The van der Waals surface area contributed by atoms with E-state index in [1.165, 1.54) is 4.90 Å². The molecule has 1 aliphatic rings. The number of likely N-dealkylation sites (tertiary alicyclic amines) is 1. The number of amides is 1. The van der Waals surface area contributed by atoms with Crippen LogP contribution in [-0.4, -0.2) is 60.7 Å². The molecule has 0 bridgehead atoms. The second-order valence-corrected chi connectivity index (χ2v) is 5.36. The fraction of sp³-hybridized carbons (Fsp3) is 0.533. The number of carbonyl (C=O) groups excluding carboxylic acids is 1.